The van der Waals surface area contributed by atoms with E-state index in [1.165, 1.54) is 0 Å². The van der Waals surface area contributed by atoms with Gasteiger partial charge < -0.3 is 25.4 Å². The molecule has 0 amide bonds. The Kier molecular flexibility index (Phi) is 5.68. The Bertz CT molecular complexity index is 1490. The van der Waals surface area contributed by atoms with Crippen LogP contribution in [0.25, 0.3) is 0 Å². The van der Waals surface area contributed by atoms with E-state index in [4.69, 9.17) is 19.7 Å². The summed E-state index contributed by atoms with van der Waals surface area (Å²) in [5.74, 6) is 0.0414. The Morgan fingerprint density at radius 3 is 2.21 bits per heavy atom. The van der Waals surface area contributed by atoms with Gasteiger partial charge in [0.1, 0.15) is 11.9 Å². The van der Waals surface area contributed by atoms with Crippen LogP contribution in [0.2, 0.25) is 0 Å². The number of nitrogens with one attached hydrogen (secondary N) is 1. The van der Waals surface area contributed by atoms with E-state index in [1.807, 2.05) is 64.2 Å². The zero-order valence-corrected chi connectivity index (χ0v) is 22.1. The normalized spacial score (nSPS) is 34.3. The third-order valence-corrected chi connectivity index (χ3v) is 8.08. The number of nitrogens with zero attached hydrogens (tertiary/aromatic N) is 3. The molecule has 0 radical (unpaired) electrons. The summed E-state index contributed by atoms with van der Waals surface area (Å²) in [4.78, 5) is 14.4. The Hall–Kier alpha value is -3.59. The minimum Gasteiger partial charge on any atom is -0.509 e. The van der Waals surface area contributed by atoms with E-state index in [2.05, 4.69) is 5.32 Å². The van der Waals surface area contributed by atoms with Gasteiger partial charge in [0, 0.05) is 12.1 Å². The molecule has 0 aromatic heterocycles. The molecule has 0 spiro atoms. The fourth-order valence-corrected chi connectivity index (χ4v) is 5.71. The topological polar surface area (TPSA) is 119 Å². The largest absolute Gasteiger partial charge is 0.509 e. The molecule has 38 heavy (non-hydrogen) atoms. The van der Waals surface area contributed by atoms with Crippen LogP contribution in [0.3, 0.4) is 0 Å². The fourth-order valence-electron chi connectivity index (χ4n) is 5.71. The number of aliphatic hydroxyl groups is 3. The van der Waals surface area contributed by atoms with Gasteiger partial charge in [-0.15, -0.1) is 0 Å². The minimum absolute atomic E-state index is 0.0414. The molecule has 8 nitrogen and oxygen atoms in total. The van der Waals surface area contributed by atoms with E-state index < -0.39 is 29.8 Å². The molecular formula is C30H32N4O4. The van der Waals surface area contributed by atoms with Gasteiger partial charge >= 0.3 is 0 Å². The lowest BCUT2D eigenvalue weighted by Crippen LogP contribution is -2.54. The highest BCUT2D eigenvalue weighted by Gasteiger charge is 2.54. The van der Waals surface area contributed by atoms with E-state index in [9.17, 15) is 15.3 Å². The van der Waals surface area contributed by atoms with Crippen molar-refractivity contribution in [2.45, 2.75) is 65.5 Å². The molecule has 0 saturated carbocycles. The van der Waals surface area contributed by atoms with E-state index in [0.717, 1.165) is 39.5 Å². The van der Waals surface area contributed by atoms with Crippen LogP contribution in [-0.4, -0.2) is 56.9 Å². The number of fused-ring (bicyclic) bond motifs is 5. The van der Waals surface area contributed by atoms with Crippen molar-refractivity contribution in [2.75, 3.05) is 0 Å². The van der Waals surface area contributed by atoms with Gasteiger partial charge in [-0.25, -0.2) is 15.0 Å². The summed E-state index contributed by atoms with van der Waals surface area (Å²) < 4.78 is 6.13. The average molecular weight is 513 g/mol. The lowest BCUT2D eigenvalue weighted by atomic mass is 9.75. The van der Waals surface area contributed by atoms with Crippen molar-refractivity contribution < 1.29 is 20.1 Å². The molecule has 8 heteroatoms. The van der Waals surface area contributed by atoms with Gasteiger partial charge in [0.15, 0.2) is 0 Å². The first-order chi connectivity index (χ1) is 18.0. The van der Waals surface area contributed by atoms with Gasteiger partial charge in [0.25, 0.3) is 0 Å². The third kappa shape index (κ3) is 3.91. The molecular weight excluding hydrogens is 480 g/mol. The molecule has 0 aliphatic carbocycles. The number of hydrogen-bond donors (Lipinski definition) is 4. The van der Waals surface area contributed by atoms with Gasteiger partial charge in [-0.1, -0.05) is 0 Å². The van der Waals surface area contributed by atoms with Crippen molar-refractivity contribution in [3.63, 3.8) is 0 Å². The molecule has 8 bridgehead atoms. The van der Waals surface area contributed by atoms with Gasteiger partial charge in [0.05, 0.1) is 63.7 Å². The maximum Gasteiger partial charge on any atom is 0.130 e. The van der Waals surface area contributed by atoms with Crippen molar-refractivity contribution in [2.24, 2.45) is 20.4 Å². The maximum absolute atomic E-state index is 11.7. The zero-order chi connectivity index (χ0) is 26.9. The van der Waals surface area contributed by atoms with Crippen molar-refractivity contribution >= 4 is 17.1 Å². The fraction of sp³-hybridized carbons (Fsp3) is 0.367. The lowest BCUT2D eigenvalue weighted by molar-refractivity contribution is -0.189. The number of allylic oxidation sites excluding steroid dienone is 10. The van der Waals surface area contributed by atoms with E-state index in [-0.39, 0.29) is 12.2 Å². The van der Waals surface area contributed by atoms with E-state index in [0.29, 0.717) is 22.8 Å². The highest BCUT2D eigenvalue weighted by Crippen LogP contribution is 2.48. The Balaban J connectivity index is 1.54. The molecule has 196 valence electrons. The minimum atomic E-state index is -1.11. The van der Waals surface area contributed by atoms with Crippen molar-refractivity contribution in [3.8, 4) is 0 Å². The summed E-state index contributed by atoms with van der Waals surface area (Å²) in [5.41, 5.74) is 7.77. The molecule has 6 rings (SSSR count). The number of rotatable bonds is 1. The molecule has 6 heterocycles. The van der Waals surface area contributed by atoms with Crippen LogP contribution in [-0.2, 0) is 4.74 Å². The van der Waals surface area contributed by atoms with Gasteiger partial charge in [-0.3, -0.25) is 0 Å². The quantitative estimate of drug-likeness (QED) is 0.423. The molecule has 1 fully saturated rings. The maximum atomic E-state index is 11.7. The lowest BCUT2D eigenvalue weighted by Gasteiger charge is -2.44. The van der Waals surface area contributed by atoms with Gasteiger partial charge in [0.2, 0.25) is 0 Å². The van der Waals surface area contributed by atoms with Crippen molar-refractivity contribution in [3.05, 3.63) is 93.5 Å². The SMILES string of the molecule is CC1=CC2=NC1=CC1=NC(=CC3=C(O)[C@@](C)([C@@H]4O[C@@H](C)[C@@H](O)C[C@H]4O)C(=CC4=NC(=C2)C(C)=C4)N3)C=C1C. The second-order valence-electron chi connectivity index (χ2n) is 11.0. The summed E-state index contributed by atoms with van der Waals surface area (Å²) in [7, 11) is 0. The molecule has 0 aromatic rings. The molecule has 6 aliphatic heterocycles. The summed E-state index contributed by atoms with van der Waals surface area (Å²) in [6, 6.07) is 0. The highest BCUT2D eigenvalue weighted by molar-refractivity contribution is 6.14. The predicted octanol–water partition coefficient (Wildman–Crippen LogP) is 4.02. The summed E-state index contributed by atoms with van der Waals surface area (Å²) >= 11 is 0. The standard InChI is InChI=1S/C30H32N4O4/c1-14-8-20-11-27-30(5,29-26(36)13-25(35)17(4)38-29)28(37)24(34-27)10-19-7-16(3)23(32-19)12-22-15(2)6-18(31-22)9-21(14)33-20/h6-12,17,25-26,29,34-37H,13H2,1-5H3/t17-,25-,26+,29+,30-/m0/s1. The van der Waals surface area contributed by atoms with Crippen LogP contribution in [0.1, 0.15) is 41.0 Å². The molecule has 6 aliphatic rings. The summed E-state index contributed by atoms with van der Waals surface area (Å²) in [6.45, 7) is 9.66. The van der Waals surface area contributed by atoms with Crippen molar-refractivity contribution in [1.29, 1.82) is 0 Å². The molecule has 5 atom stereocenters. The van der Waals surface area contributed by atoms with Crippen LogP contribution in [0.15, 0.2) is 108 Å². The van der Waals surface area contributed by atoms with Gasteiger partial charge in [-0.2, -0.15) is 0 Å². The Morgan fingerprint density at radius 1 is 0.842 bits per heavy atom. The predicted molar refractivity (Wildman–Crippen MR) is 148 cm³/mol. The smallest absolute Gasteiger partial charge is 0.130 e. The molecule has 1 saturated heterocycles. The molecule has 0 unspecified atom stereocenters. The summed E-state index contributed by atoms with van der Waals surface area (Å²) in [5, 5.41) is 36.3. The molecule has 0 aromatic carbocycles. The monoisotopic (exact) mass is 512 g/mol. The first kappa shape index (κ1) is 24.7. The third-order valence-electron chi connectivity index (χ3n) is 8.08. The zero-order valence-electron chi connectivity index (χ0n) is 22.1. The first-order valence-electron chi connectivity index (χ1n) is 12.9. The van der Waals surface area contributed by atoms with Crippen molar-refractivity contribution in [1.82, 2.24) is 5.32 Å². The van der Waals surface area contributed by atoms with Crippen LogP contribution in [0.5, 0.6) is 0 Å². The Labute approximate surface area is 222 Å². The second-order valence-corrected chi connectivity index (χ2v) is 11.0. The van der Waals surface area contributed by atoms with E-state index >= 15 is 0 Å². The Morgan fingerprint density at radius 2 is 1.50 bits per heavy atom. The number of ether oxygens (including phenoxy) is 1. The second kappa shape index (κ2) is 8.73. The van der Waals surface area contributed by atoms with Crippen LogP contribution < -0.4 is 5.32 Å². The van der Waals surface area contributed by atoms with Crippen LogP contribution in [0, 0.1) is 5.41 Å². The summed E-state index contributed by atoms with van der Waals surface area (Å²) in [6.07, 6.45) is 10.7. The van der Waals surface area contributed by atoms with E-state index in [1.54, 1.807) is 13.0 Å². The number of aliphatic hydroxyl groups excluding tert-OH is 3. The first-order valence-corrected chi connectivity index (χ1v) is 12.9. The van der Waals surface area contributed by atoms with Gasteiger partial charge in [-0.05, 0) is 93.9 Å². The van der Waals surface area contributed by atoms with Crippen LogP contribution in [0.4, 0.5) is 0 Å². The van der Waals surface area contributed by atoms with Crippen LogP contribution >= 0.6 is 0 Å². The molecule has 4 N–H and O–H groups in total. The number of aliphatic imine (C=N–C) groups is 3. The average Bonchev–Trinajstić information content (AvgIpc) is 3.55. The highest BCUT2D eigenvalue weighted by atomic mass is 16.5. The number of hydrogen-bond acceptors (Lipinski definition) is 8.